The second-order valence-electron chi connectivity index (χ2n) is 10.1. The van der Waals surface area contributed by atoms with Gasteiger partial charge in [0.1, 0.15) is 12.7 Å². The Kier molecular flexibility index (Phi) is 8.13. The molecule has 0 bridgehead atoms. The molecule has 1 aromatic rings. The summed E-state index contributed by atoms with van der Waals surface area (Å²) in [6.07, 6.45) is 11.6. The van der Waals surface area contributed by atoms with Crippen molar-refractivity contribution in [1.29, 1.82) is 0 Å². The van der Waals surface area contributed by atoms with Gasteiger partial charge in [-0.15, -0.1) is 0 Å². The van der Waals surface area contributed by atoms with E-state index in [1.54, 1.807) is 7.11 Å². The molecule has 4 rings (SSSR count). The fraction of sp³-hybridized carbons (Fsp3) is 0.769. The van der Waals surface area contributed by atoms with E-state index >= 15 is 0 Å². The Hall–Kier alpha value is -1.30. The molecule has 0 spiro atoms. The fourth-order valence-corrected chi connectivity index (χ4v) is 5.34. The van der Waals surface area contributed by atoms with Crippen LogP contribution in [-0.4, -0.2) is 67.5 Å². The van der Waals surface area contributed by atoms with E-state index in [1.165, 1.54) is 63.4 Å². The third-order valence-electron chi connectivity index (χ3n) is 7.23. The number of hydrogen-bond donors (Lipinski definition) is 1. The molecule has 5 nitrogen and oxygen atoms in total. The Morgan fingerprint density at radius 1 is 1.00 bits per heavy atom. The summed E-state index contributed by atoms with van der Waals surface area (Å²) in [5, 5.41) is 10.5. The monoisotopic (exact) mass is 430 g/mol. The summed E-state index contributed by atoms with van der Waals surface area (Å²) in [4.78, 5) is 4.94. The summed E-state index contributed by atoms with van der Waals surface area (Å²) in [5.41, 5.74) is 1.26. The maximum Gasteiger partial charge on any atom is 0.161 e. The number of methoxy groups -OCH3 is 1. The molecule has 0 radical (unpaired) electrons. The highest BCUT2D eigenvalue weighted by atomic mass is 16.5. The molecule has 1 aliphatic heterocycles. The first-order valence-electron chi connectivity index (χ1n) is 12.5. The Morgan fingerprint density at radius 2 is 1.65 bits per heavy atom. The molecule has 5 heteroatoms. The zero-order valence-electron chi connectivity index (χ0n) is 19.6. The molecule has 1 N–H and O–H groups in total. The van der Waals surface area contributed by atoms with Crippen molar-refractivity contribution < 1.29 is 14.6 Å². The lowest BCUT2D eigenvalue weighted by Crippen LogP contribution is -2.37. The molecule has 1 heterocycles. The molecule has 3 fully saturated rings. The predicted molar refractivity (Wildman–Crippen MR) is 125 cm³/mol. The number of β-amino-alcohol motifs (C(OH)–C–C–N with tert-alkyl or cyclic N) is 1. The molecule has 1 saturated heterocycles. The van der Waals surface area contributed by atoms with E-state index in [-0.39, 0.29) is 0 Å². The number of likely N-dealkylation sites (tertiary alicyclic amines) is 1. The molecule has 1 aromatic carbocycles. The summed E-state index contributed by atoms with van der Waals surface area (Å²) in [6.45, 7) is 4.12. The van der Waals surface area contributed by atoms with Crippen molar-refractivity contribution >= 4 is 0 Å². The van der Waals surface area contributed by atoms with Crippen molar-refractivity contribution in [2.75, 3.05) is 40.4 Å². The van der Waals surface area contributed by atoms with Crippen LogP contribution in [0.2, 0.25) is 0 Å². The van der Waals surface area contributed by atoms with Gasteiger partial charge < -0.3 is 19.5 Å². The van der Waals surface area contributed by atoms with E-state index in [1.807, 2.05) is 6.07 Å². The third kappa shape index (κ3) is 6.84. The first-order valence-corrected chi connectivity index (χ1v) is 12.5. The van der Waals surface area contributed by atoms with Gasteiger partial charge in [0.25, 0.3) is 0 Å². The highest BCUT2D eigenvalue weighted by Gasteiger charge is 2.43. The fourth-order valence-electron chi connectivity index (χ4n) is 5.34. The van der Waals surface area contributed by atoms with Crippen molar-refractivity contribution in [2.24, 2.45) is 11.8 Å². The minimum Gasteiger partial charge on any atom is -0.493 e. The molecule has 2 aliphatic carbocycles. The van der Waals surface area contributed by atoms with Crippen LogP contribution in [0.15, 0.2) is 18.2 Å². The number of nitrogens with zero attached hydrogens (tertiary/aromatic N) is 2. The largest absolute Gasteiger partial charge is 0.493 e. The molecule has 0 aromatic heterocycles. The van der Waals surface area contributed by atoms with E-state index in [2.05, 4.69) is 29.0 Å². The van der Waals surface area contributed by atoms with Gasteiger partial charge in [0.15, 0.2) is 11.5 Å². The number of ether oxygens (including phenoxy) is 2. The van der Waals surface area contributed by atoms with Crippen LogP contribution < -0.4 is 9.47 Å². The van der Waals surface area contributed by atoms with E-state index < -0.39 is 6.10 Å². The van der Waals surface area contributed by atoms with Crippen molar-refractivity contribution in [1.82, 2.24) is 9.80 Å². The van der Waals surface area contributed by atoms with Crippen LogP contribution in [0.4, 0.5) is 0 Å². The maximum absolute atomic E-state index is 10.5. The SMILES string of the molecule is COc1cc(CN(C)C(C2CC2)C2CC2)ccc1OC[C@H](O)CN1CCCCCCC1. The zero-order chi connectivity index (χ0) is 21.6. The molecule has 174 valence electrons. The van der Waals surface area contributed by atoms with Gasteiger partial charge in [0.2, 0.25) is 0 Å². The predicted octanol–water partition coefficient (Wildman–Crippen LogP) is 4.32. The van der Waals surface area contributed by atoms with Crippen molar-refractivity contribution in [3.63, 3.8) is 0 Å². The van der Waals surface area contributed by atoms with E-state index in [0.717, 1.165) is 49.0 Å². The summed E-state index contributed by atoms with van der Waals surface area (Å²) >= 11 is 0. The highest BCUT2D eigenvalue weighted by molar-refractivity contribution is 5.43. The Labute approximate surface area is 188 Å². The number of hydrogen-bond acceptors (Lipinski definition) is 5. The Balaban J connectivity index is 1.28. The topological polar surface area (TPSA) is 45.2 Å². The molecule has 1 atom stereocenters. The van der Waals surface area contributed by atoms with Crippen molar-refractivity contribution in [3.05, 3.63) is 23.8 Å². The highest BCUT2D eigenvalue weighted by Crippen LogP contribution is 2.47. The molecule has 0 amide bonds. The van der Waals surface area contributed by atoms with Crippen LogP contribution in [0.25, 0.3) is 0 Å². The minimum absolute atomic E-state index is 0.303. The summed E-state index contributed by atoms with van der Waals surface area (Å²) in [7, 11) is 3.98. The van der Waals surface area contributed by atoms with Gasteiger partial charge in [-0.05, 0) is 88.2 Å². The molecular formula is C26H42N2O3. The van der Waals surface area contributed by atoms with Crippen LogP contribution >= 0.6 is 0 Å². The molecule has 31 heavy (non-hydrogen) atoms. The molecule has 2 saturated carbocycles. The minimum atomic E-state index is -0.479. The van der Waals surface area contributed by atoms with Gasteiger partial charge in [0.05, 0.1) is 7.11 Å². The standard InChI is InChI=1S/C26H42N2O3/c1-27(26(21-9-10-21)22-11-12-22)17-20-8-13-24(25(16-20)30-2)31-19-23(29)18-28-14-6-4-3-5-7-15-28/h8,13,16,21-23,26,29H,3-7,9-12,14-15,17-19H2,1-2H3/t23-/m1/s1. The maximum atomic E-state index is 10.5. The average molecular weight is 431 g/mol. The first kappa shape index (κ1) is 22.9. The van der Waals surface area contributed by atoms with Crippen LogP contribution in [-0.2, 0) is 6.54 Å². The first-order chi connectivity index (χ1) is 15.1. The van der Waals surface area contributed by atoms with Crippen LogP contribution in [0.3, 0.4) is 0 Å². The Morgan fingerprint density at radius 3 is 2.26 bits per heavy atom. The normalized spacial score (nSPS) is 21.7. The summed E-state index contributed by atoms with van der Waals surface area (Å²) in [6, 6.07) is 7.01. The lowest BCUT2D eigenvalue weighted by atomic mass is 10.0. The van der Waals surface area contributed by atoms with Gasteiger partial charge in [-0.1, -0.05) is 25.3 Å². The zero-order valence-corrected chi connectivity index (χ0v) is 19.6. The van der Waals surface area contributed by atoms with Gasteiger partial charge in [-0.25, -0.2) is 0 Å². The molecule has 3 aliphatic rings. The second kappa shape index (κ2) is 11.0. The van der Waals surface area contributed by atoms with Gasteiger partial charge in [-0.3, -0.25) is 4.90 Å². The van der Waals surface area contributed by atoms with E-state index in [4.69, 9.17) is 9.47 Å². The van der Waals surface area contributed by atoms with Gasteiger partial charge in [-0.2, -0.15) is 0 Å². The molecule has 0 unspecified atom stereocenters. The number of benzene rings is 1. The third-order valence-corrected chi connectivity index (χ3v) is 7.23. The Bertz CT molecular complexity index is 669. The van der Waals surface area contributed by atoms with Crippen LogP contribution in [0.5, 0.6) is 11.5 Å². The number of rotatable bonds is 11. The number of aliphatic hydroxyl groups excluding tert-OH is 1. The van der Waals surface area contributed by atoms with Crippen molar-refractivity contribution in [3.8, 4) is 11.5 Å². The average Bonchev–Trinajstić information content (AvgIpc) is 3.65. The van der Waals surface area contributed by atoms with E-state index in [0.29, 0.717) is 13.2 Å². The lowest BCUT2D eigenvalue weighted by Gasteiger charge is -2.28. The van der Waals surface area contributed by atoms with E-state index in [9.17, 15) is 5.11 Å². The van der Waals surface area contributed by atoms with Gasteiger partial charge >= 0.3 is 0 Å². The van der Waals surface area contributed by atoms with Crippen molar-refractivity contribution in [2.45, 2.75) is 76.5 Å². The van der Waals surface area contributed by atoms with Gasteiger partial charge in [0, 0.05) is 19.1 Å². The number of aliphatic hydroxyl groups is 1. The molecular weight excluding hydrogens is 388 g/mol. The summed E-state index contributed by atoms with van der Waals surface area (Å²) in [5.74, 6) is 3.31. The quantitative estimate of drug-likeness (QED) is 0.566. The van der Waals surface area contributed by atoms with Crippen LogP contribution in [0.1, 0.15) is 63.4 Å². The smallest absolute Gasteiger partial charge is 0.161 e. The second-order valence-corrected chi connectivity index (χ2v) is 10.1. The van der Waals surface area contributed by atoms with Crippen LogP contribution in [0, 0.1) is 11.8 Å². The lowest BCUT2D eigenvalue weighted by molar-refractivity contribution is 0.0645. The summed E-state index contributed by atoms with van der Waals surface area (Å²) < 4.78 is 11.6.